The summed E-state index contributed by atoms with van der Waals surface area (Å²) in [6.45, 7) is 2.55. The highest BCUT2D eigenvalue weighted by Crippen LogP contribution is 2.36. The maximum atomic E-state index is 9.87. The van der Waals surface area contributed by atoms with Crippen molar-refractivity contribution in [2.75, 3.05) is 6.61 Å². The number of nitrogens with zero attached hydrogens (tertiary/aromatic N) is 2. The van der Waals surface area contributed by atoms with E-state index in [0.29, 0.717) is 18.3 Å². The molecule has 2 N–H and O–H groups in total. The molecule has 1 atom stereocenters. The van der Waals surface area contributed by atoms with E-state index >= 15 is 0 Å². The Hall–Kier alpha value is -1.72. The lowest BCUT2D eigenvalue weighted by Crippen LogP contribution is -2.43. The third-order valence-corrected chi connectivity index (χ3v) is 4.02. The van der Waals surface area contributed by atoms with Crippen LogP contribution in [0.15, 0.2) is 28.8 Å². The summed E-state index contributed by atoms with van der Waals surface area (Å²) in [4.78, 5) is 4.29. The van der Waals surface area contributed by atoms with Crippen molar-refractivity contribution in [3.63, 3.8) is 0 Å². The number of hydrogen-bond donors (Lipinski definition) is 2. The number of aliphatic hydroxyl groups excluding tert-OH is 1. The van der Waals surface area contributed by atoms with Crippen molar-refractivity contribution in [2.45, 2.75) is 38.3 Å². The number of aliphatic hydroxyl groups is 1. The van der Waals surface area contributed by atoms with Gasteiger partial charge in [-0.05, 0) is 24.0 Å². The quantitative estimate of drug-likeness (QED) is 0.865. The molecule has 5 heteroatoms. The van der Waals surface area contributed by atoms with Crippen LogP contribution in [0.4, 0.5) is 0 Å². The largest absolute Gasteiger partial charge is 0.394 e. The minimum Gasteiger partial charge on any atom is -0.394 e. The molecule has 0 saturated carbocycles. The van der Waals surface area contributed by atoms with E-state index in [-0.39, 0.29) is 12.1 Å². The Morgan fingerprint density at radius 3 is 3.00 bits per heavy atom. The second-order valence-corrected chi connectivity index (χ2v) is 5.21. The van der Waals surface area contributed by atoms with Gasteiger partial charge in [0.25, 0.3) is 0 Å². The molecule has 0 saturated heterocycles. The highest BCUT2D eigenvalue weighted by atomic mass is 16.5. The molecule has 1 aliphatic carbocycles. The molecule has 0 aliphatic heterocycles. The van der Waals surface area contributed by atoms with Gasteiger partial charge in [0.05, 0.1) is 18.7 Å². The summed E-state index contributed by atoms with van der Waals surface area (Å²) in [6.07, 6.45) is 2.61. The predicted octanol–water partition coefficient (Wildman–Crippen LogP) is 1.56. The first-order valence-corrected chi connectivity index (χ1v) is 7.03. The number of aryl methyl sites for hydroxylation is 2. The maximum absolute atomic E-state index is 9.87. The molecule has 0 spiro atoms. The van der Waals surface area contributed by atoms with Crippen molar-refractivity contribution in [3.8, 4) is 0 Å². The summed E-state index contributed by atoms with van der Waals surface area (Å²) in [5, 5.41) is 17.2. The smallest absolute Gasteiger partial charge is 0.226 e. The van der Waals surface area contributed by atoms with Crippen LogP contribution in [0.5, 0.6) is 0 Å². The van der Waals surface area contributed by atoms with Crippen molar-refractivity contribution in [2.24, 2.45) is 0 Å². The summed E-state index contributed by atoms with van der Waals surface area (Å²) in [5.41, 5.74) is 2.10. The van der Waals surface area contributed by atoms with Crippen LogP contribution >= 0.6 is 0 Å². The highest BCUT2D eigenvalue weighted by Gasteiger charge is 2.37. The number of aromatic nitrogens is 2. The monoisotopic (exact) mass is 273 g/mol. The van der Waals surface area contributed by atoms with Gasteiger partial charge < -0.3 is 9.63 Å². The van der Waals surface area contributed by atoms with E-state index in [2.05, 4.69) is 27.6 Å². The first-order valence-electron chi connectivity index (χ1n) is 7.03. The van der Waals surface area contributed by atoms with Gasteiger partial charge in [0, 0.05) is 6.42 Å². The fraction of sp³-hybridized carbons (Fsp3) is 0.467. The first kappa shape index (κ1) is 13.3. The van der Waals surface area contributed by atoms with Crippen molar-refractivity contribution in [1.29, 1.82) is 0 Å². The fourth-order valence-corrected chi connectivity index (χ4v) is 2.85. The molecule has 20 heavy (non-hydrogen) atoms. The molecular formula is C15H19N3O2. The van der Waals surface area contributed by atoms with Crippen LogP contribution in [-0.2, 0) is 24.9 Å². The van der Waals surface area contributed by atoms with Crippen molar-refractivity contribution >= 4 is 0 Å². The van der Waals surface area contributed by atoms with E-state index in [1.807, 2.05) is 19.1 Å². The van der Waals surface area contributed by atoms with Crippen LogP contribution in [0.3, 0.4) is 0 Å². The predicted molar refractivity (Wildman–Crippen MR) is 74.0 cm³/mol. The van der Waals surface area contributed by atoms with Crippen LogP contribution in [0.1, 0.15) is 36.2 Å². The van der Waals surface area contributed by atoms with Crippen molar-refractivity contribution in [3.05, 3.63) is 47.1 Å². The molecule has 1 aromatic heterocycles. The Balaban J connectivity index is 1.78. The van der Waals surface area contributed by atoms with Crippen LogP contribution < -0.4 is 5.32 Å². The molecule has 1 unspecified atom stereocenters. The van der Waals surface area contributed by atoms with Crippen LogP contribution in [0, 0.1) is 0 Å². The van der Waals surface area contributed by atoms with E-state index in [0.717, 1.165) is 19.3 Å². The maximum Gasteiger partial charge on any atom is 0.226 e. The number of fused-ring (bicyclic) bond motifs is 1. The van der Waals surface area contributed by atoms with E-state index in [1.54, 1.807) is 0 Å². The lowest BCUT2D eigenvalue weighted by Gasteiger charge is -2.29. The van der Waals surface area contributed by atoms with Crippen LogP contribution in [0.25, 0.3) is 0 Å². The molecule has 1 aliphatic rings. The first-order chi connectivity index (χ1) is 9.77. The van der Waals surface area contributed by atoms with Gasteiger partial charge in [-0.2, -0.15) is 4.98 Å². The van der Waals surface area contributed by atoms with E-state index < -0.39 is 0 Å². The van der Waals surface area contributed by atoms with Gasteiger partial charge in [0.15, 0.2) is 5.82 Å². The summed E-state index contributed by atoms with van der Waals surface area (Å²) in [6, 6.07) is 8.26. The van der Waals surface area contributed by atoms with Crippen molar-refractivity contribution in [1.82, 2.24) is 15.5 Å². The van der Waals surface area contributed by atoms with Gasteiger partial charge in [-0.25, -0.2) is 0 Å². The zero-order chi connectivity index (χ0) is 14.0. The lowest BCUT2D eigenvalue weighted by molar-refractivity contribution is 0.157. The van der Waals surface area contributed by atoms with E-state index in [1.165, 1.54) is 11.1 Å². The molecular weight excluding hydrogens is 254 g/mol. The standard InChI is InChI=1S/C15H19N3O2/c1-2-14-17-13(18-20-14)9-16-15(10-19)8-7-11-5-3-4-6-12(11)15/h3-6,16,19H,2,7-10H2,1H3. The molecule has 3 rings (SSSR count). The normalized spacial score (nSPS) is 21.1. The molecule has 1 aromatic carbocycles. The van der Waals surface area contributed by atoms with Crippen molar-refractivity contribution < 1.29 is 9.63 Å². The van der Waals surface area contributed by atoms with Gasteiger partial charge in [-0.3, -0.25) is 5.32 Å². The summed E-state index contributed by atoms with van der Waals surface area (Å²) in [7, 11) is 0. The number of hydrogen-bond acceptors (Lipinski definition) is 5. The highest BCUT2D eigenvalue weighted by molar-refractivity contribution is 5.38. The summed E-state index contributed by atoms with van der Waals surface area (Å²) < 4.78 is 5.10. The average Bonchev–Trinajstić information content (AvgIpc) is 3.10. The zero-order valence-corrected chi connectivity index (χ0v) is 11.6. The number of rotatable bonds is 5. The zero-order valence-electron chi connectivity index (χ0n) is 11.6. The van der Waals surface area contributed by atoms with Crippen LogP contribution in [0.2, 0.25) is 0 Å². The second-order valence-electron chi connectivity index (χ2n) is 5.21. The summed E-state index contributed by atoms with van der Waals surface area (Å²) in [5.74, 6) is 1.28. The minimum atomic E-state index is -0.385. The Labute approximate surface area is 118 Å². The third kappa shape index (κ3) is 2.23. The van der Waals surface area contributed by atoms with Gasteiger partial charge in [-0.1, -0.05) is 36.3 Å². The Morgan fingerprint density at radius 1 is 1.40 bits per heavy atom. The molecule has 0 fully saturated rings. The Morgan fingerprint density at radius 2 is 2.25 bits per heavy atom. The average molecular weight is 273 g/mol. The number of benzene rings is 1. The second kappa shape index (κ2) is 5.34. The van der Waals surface area contributed by atoms with Gasteiger partial charge in [0.2, 0.25) is 5.89 Å². The fourth-order valence-electron chi connectivity index (χ4n) is 2.85. The van der Waals surface area contributed by atoms with Crippen LogP contribution in [-0.4, -0.2) is 21.9 Å². The van der Waals surface area contributed by atoms with Gasteiger partial charge in [0.1, 0.15) is 0 Å². The molecule has 0 radical (unpaired) electrons. The minimum absolute atomic E-state index is 0.0719. The van der Waals surface area contributed by atoms with Gasteiger partial charge in [-0.15, -0.1) is 0 Å². The number of nitrogens with one attached hydrogen (secondary N) is 1. The molecule has 0 amide bonds. The Bertz CT molecular complexity index is 596. The molecule has 1 heterocycles. The summed E-state index contributed by atoms with van der Waals surface area (Å²) >= 11 is 0. The molecule has 2 aromatic rings. The lowest BCUT2D eigenvalue weighted by atomic mass is 9.92. The topological polar surface area (TPSA) is 71.2 Å². The van der Waals surface area contributed by atoms with E-state index in [4.69, 9.17) is 4.52 Å². The molecule has 106 valence electrons. The third-order valence-electron chi connectivity index (χ3n) is 4.02. The Kier molecular flexibility index (Phi) is 3.54. The SMILES string of the molecule is CCc1nc(CNC2(CO)CCc3ccccc32)no1. The van der Waals surface area contributed by atoms with E-state index in [9.17, 15) is 5.11 Å². The molecule has 0 bridgehead atoms. The molecule has 5 nitrogen and oxygen atoms in total. The van der Waals surface area contributed by atoms with Gasteiger partial charge >= 0.3 is 0 Å².